The summed E-state index contributed by atoms with van der Waals surface area (Å²) in [6.45, 7) is 0. The molecule has 11 rings (SSSR count). The van der Waals surface area contributed by atoms with Gasteiger partial charge in [0.25, 0.3) is 0 Å². The predicted octanol–water partition coefficient (Wildman–Crippen LogP) is 13.0. The molecule has 0 saturated carbocycles. The van der Waals surface area contributed by atoms with Gasteiger partial charge in [-0.25, -0.2) is 0 Å². The summed E-state index contributed by atoms with van der Waals surface area (Å²) in [5, 5.41) is 12.8. The predicted molar refractivity (Wildman–Crippen MR) is 213 cm³/mol. The Morgan fingerprint density at radius 1 is 0.220 bits per heavy atom. The lowest BCUT2D eigenvalue weighted by Gasteiger charge is -2.14. The van der Waals surface area contributed by atoms with Crippen molar-refractivity contribution in [3.63, 3.8) is 0 Å². The van der Waals surface area contributed by atoms with Crippen LogP contribution in [-0.4, -0.2) is 9.13 Å². The Morgan fingerprint density at radius 3 is 1.28 bits per heavy atom. The second-order valence-electron chi connectivity index (χ2n) is 13.3. The second kappa shape index (κ2) is 10.4. The Hall–Kier alpha value is -6.64. The molecule has 0 amide bonds. The van der Waals surface area contributed by atoms with Crippen LogP contribution in [0.4, 0.5) is 0 Å². The standard InChI is InChI=1S/C48H30N2/c1-2-13-31(14-3-1)32-15-12-16-33(27-32)49-45-23-10-8-21-40(45)43-29-44-41-22-9-11-24-46(41)50(48(44)30-47(43)49)34-25-26-39-37-19-5-4-17-35(37)36-18-6-7-20-38(36)42(39)28-34/h1-30H. The van der Waals surface area contributed by atoms with Gasteiger partial charge in [-0.3, -0.25) is 0 Å². The van der Waals surface area contributed by atoms with Crippen molar-refractivity contribution < 1.29 is 0 Å². The molecule has 11 aromatic rings. The zero-order valence-electron chi connectivity index (χ0n) is 27.2. The summed E-state index contributed by atoms with van der Waals surface area (Å²) in [6, 6.07) is 66.8. The van der Waals surface area contributed by atoms with E-state index in [1.807, 2.05) is 0 Å². The molecule has 232 valence electrons. The maximum Gasteiger partial charge on any atom is 0.0562 e. The largest absolute Gasteiger partial charge is 0.309 e. The van der Waals surface area contributed by atoms with E-state index in [9.17, 15) is 0 Å². The minimum atomic E-state index is 1.16. The Morgan fingerprint density at radius 2 is 0.680 bits per heavy atom. The summed E-state index contributed by atoms with van der Waals surface area (Å²) >= 11 is 0. The first-order chi connectivity index (χ1) is 24.8. The third kappa shape index (κ3) is 3.85. The van der Waals surface area contributed by atoms with Gasteiger partial charge >= 0.3 is 0 Å². The van der Waals surface area contributed by atoms with Gasteiger partial charge < -0.3 is 9.13 Å². The molecule has 2 nitrogen and oxygen atoms in total. The first kappa shape index (κ1) is 27.3. The molecule has 50 heavy (non-hydrogen) atoms. The highest BCUT2D eigenvalue weighted by molar-refractivity contribution is 6.26. The molecule has 0 atom stereocenters. The van der Waals surface area contributed by atoms with Crippen molar-refractivity contribution in [1.82, 2.24) is 9.13 Å². The molecule has 0 aliphatic carbocycles. The average molecular weight is 635 g/mol. The summed E-state index contributed by atoms with van der Waals surface area (Å²) < 4.78 is 4.91. The molecule has 0 spiro atoms. The number of rotatable bonds is 3. The highest BCUT2D eigenvalue weighted by atomic mass is 15.0. The molecule has 0 bridgehead atoms. The monoisotopic (exact) mass is 634 g/mol. The van der Waals surface area contributed by atoms with Crippen LogP contribution in [-0.2, 0) is 0 Å². The Labute approximate surface area is 288 Å². The van der Waals surface area contributed by atoms with Gasteiger partial charge in [-0.2, -0.15) is 0 Å². The molecule has 2 heteroatoms. The highest BCUT2D eigenvalue weighted by Crippen LogP contribution is 2.41. The Bertz CT molecular complexity index is 3110. The van der Waals surface area contributed by atoms with Crippen molar-refractivity contribution in [2.75, 3.05) is 0 Å². The number of nitrogens with zero attached hydrogens (tertiary/aromatic N) is 2. The minimum Gasteiger partial charge on any atom is -0.309 e. The summed E-state index contributed by atoms with van der Waals surface area (Å²) in [5.74, 6) is 0. The zero-order chi connectivity index (χ0) is 32.8. The van der Waals surface area contributed by atoms with Gasteiger partial charge in [0.15, 0.2) is 0 Å². The molecule has 0 saturated heterocycles. The van der Waals surface area contributed by atoms with Crippen molar-refractivity contribution in [2.45, 2.75) is 0 Å². The third-order valence-electron chi connectivity index (χ3n) is 10.7. The molecule has 0 radical (unpaired) electrons. The van der Waals surface area contributed by atoms with E-state index in [2.05, 4.69) is 191 Å². The Kier molecular flexibility index (Phi) is 5.70. The van der Waals surface area contributed by atoms with Crippen molar-refractivity contribution >= 4 is 75.9 Å². The SMILES string of the molecule is c1ccc(-c2cccc(-n3c4ccccc4c4cc5c6ccccc6n(-c6ccc7c8ccccc8c8ccccc8c7c6)c5cc43)c2)cc1. The summed E-state index contributed by atoms with van der Waals surface area (Å²) in [5.41, 5.74) is 9.56. The molecule has 0 aliphatic rings. The van der Waals surface area contributed by atoms with Crippen LogP contribution >= 0.6 is 0 Å². The molecule has 0 unspecified atom stereocenters. The fourth-order valence-corrected chi connectivity index (χ4v) is 8.48. The van der Waals surface area contributed by atoms with E-state index in [0.717, 1.165) is 11.4 Å². The van der Waals surface area contributed by atoms with E-state index in [0.29, 0.717) is 0 Å². The number of fused-ring (bicyclic) bond motifs is 12. The molecule has 2 aromatic heterocycles. The lowest BCUT2D eigenvalue weighted by Crippen LogP contribution is -1.96. The fraction of sp³-hybridized carbons (Fsp3) is 0. The van der Waals surface area contributed by atoms with Crippen LogP contribution in [0.5, 0.6) is 0 Å². The number of hydrogen-bond acceptors (Lipinski definition) is 0. The summed E-state index contributed by atoms with van der Waals surface area (Å²) in [4.78, 5) is 0. The van der Waals surface area contributed by atoms with Crippen LogP contribution in [0, 0.1) is 0 Å². The minimum absolute atomic E-state index is 1.16. The van der Waals surface area contributed by atoms with Crippen molar-refractivity contribution in [3.05, 3.63) is 182 Å². The van der Waals surface area contributed by atoms with E-state index in [-0.39, 0.29) is 0 Å². The lowest BCUT2D eigenvalue weighted by atomic mass is 9.94. The van der Waals surface area contributed by atoms with Gasteiger partial charge in [-0.05, 0) is 92.0 Å². The first-order valence-electron chi connectivity index (χ1n) is 17.3. The Balaban J connectivity index is 1.24. The molecular weight excluding hydrogens is 605 g/mol. The molecule has 2 heterocycles. The van der Waals surface area contributed by atoms with Crippen LogP contribution in [0.2, 0.25) is 0 Å². The first-order valence-corrected chi connectivity index (χ1v) is 17.3. The van der Waals surface area contributed by atoms with Gasteiger partial charge in [0.05, 0.1) is 22.1 Å². The lowest BCUT2D eigenvalue weighted by molar-refractivity contribution is 1.17. The van der Waals surface area contributed by atoms with Crippen LogP contribution in [0.3, 0.4) is 0 Å². The molecule has 0 N–H and O–H groups in total. The second-order valence-corrected chi connectivity index (χ2v) is 13.3. The van der Waals surface area contributed by atoms with E-state index in [4.69, 9.17) is 0 Å². The van der Waals surface area contributed by atoms with Gasteiger partial charge in [0.1, 0.15) is 0 Å². The van der Waals surface area contributed by atoms with Crippen molar-refractivity contribution in [2.24, 2.45) is 0 Å². The van der Waals surface area contributed by atoms with Crippen LogP contribution < -0.4 is 0 Å². The van der Waals surface area contributed by atoms with Crippen molar-refractivity contribution in [3.8, 4) is 22.5 Å². The van der Waals surface area contributed by atoms with Crippen LogP contribution in [0.1, 0.15) is 0 Å². The van der Waals surface area contributed by atoms with Crippen LogP contribution in [0.15, 0.2) is 182 Å². The third-order valence-corrected chi connectivity index (χ3v) is 10.7. The van der Waals surface area contributed by atoms with Gasteiger partial charge in [-0.15, -0.1) is 0 Å². The fourth-order valence-electron chi connectivity index (χ4n) is 8.48. The molecule has 0 aliphatic heterocycles. The van der Waals surface area contributed by atoms with Crippen LogP contribution in [0.25, 0.3) is 98.4 Å². The number of aromatic nitrogens is 2. The van der Waals surface area contributed by atoms with E-state index in [1.165, 1.54) is 87.1 Å². The number of hydrogen-bond donors (Lipinski definition) is 0. The smallest absolute Gasteiger partial charge is 0.0562 e. The van der Waals surface area contributed by atoms with E-state index >= 15 is 0 Å². The molecule has 9 aromatic carbocycles. The maximum absolute atomic E-state index is 2.47. The van der Waals surface area contributed by atoms with E-state index in [1.54, 1.807) is 0 Å². The van der Waals surface area contributed by atoms with E-state index < -0.39 is 0 Å². The maximum atomic E-state index is 2.47. The topological polar surface area (TPSA) is 9.86 Å². The number of para-hydroxylation sites is 2. The van der Waals surface area contributed by atoms with Gasteiger partial charge in [0.2, 0.25) is 0 Å². The molecule has 0 fully saturated rings. The van der Waals surface area contributed by atoms with Crippen molar-refractivity contribution in [1.29, 1.82) is 0 Å². The quantitative estimate of drug-likeness (QED) is 0.171. The number of benzene rings is 9. The summed E-state index contributed by atoms with van der Waals surface area (Å²) in [7, 11) is 0. The molecular formula is C48H30N2. The average Bonchev–Trinajstić information content (AvgIpc) is 3.69. The van der Waals surface area contributed by atoms with Gasteiger partial charge in [0, 0.05) is 32.9 Å². The normalized spacial score (nSPS) is 12.0. The zero-order valence-corrected chi connectivity index (χ0v) is 27.2. The summed E-state index contributed by atoms with van der Waals surface area (Å²) in [6.07, 6.45) is 0. The highest BCUT2D eigenvalue weighted by Gasteiger charge is 2.19. The van der Waals surface area contributed by atoms with Gasteiger partial charge in [-0.1, -0.05) is 133 Å².